The van der Waals surface area contributed by atoms with E-state index in [-0.39, 0.29) is 24.7 Å². The molecule has 0 aromatic carbocycles. The number of anilines is 2. The molecule has 1 fully saturated rings. The Labute approximate surface area is 186 Å². The van der Waals surface area contributed by atoms with Gasteiger partial charge in [-0.1, -0.05) is 6.92 Å². The van der Waals surface area contributed by atoms with Crippen molar-refractivity contribution in [3.8, 4) is 5.75 Å². The van der Waals surface area contributed by atoms with Crippen LogP contribution in [0.4, 0.5) is 34.1 Å². The molecule has 1 aliphatic rings. The van der Waals surface area contributed by atoms with Gasteiger partial charge in [0, 0.05) is 6.20 Å². The molecule has 13 heteroatoms. The van der Waals surface area contributed by atoms with Gasteiger partial charge < -0.3 is 15.0 Å². The number of urea groups is 1. The molecular formula is C20H22F4N6O3. The number of hydrogen-bond acceptors (Lipinski definition) is 6. The molecule has 1 saturated heterocycles. The summed E-state index contributed by atoms with van der Waals surface area (Å²) < 4.78 is 58.5. The van der Waals surface area contributed by atoms with Crippen LogP contribution in [0.15, 0.2) is 30.7 Å². The maximum absolute atomic E-state index is 14.6. The molecule has 0 saturated carbocycles. The highest BCUT2D eigenvalue weighted by Crippen LogP contribution is 2.30. The van der Waals surface area contributed by atoms with Crippen LogP contribution in [-0.4, -0.2) is 63.7 Å². The number of pyridine rings is 1. The molecule has 0 bridgehead atoms. The Bertz CT molecular complexity index is 989. The summed E-state index contributed by atoms with van der Waals surface area (Å²) in [6.07, 6.45) is -2.32. The van der Waals surface area contributed by atoms with E-state index in [4.69, 9.17) is 4.74 Å². The van der Waals surface area contributed by atoms with Crippen molar-refractivity contribution in [3.05, 3.63) is 36.3 Å². The van der Waals surface area contributed by atoms with Crippen LogP contribution in [0.3, 0.4) is 0 Å². The van der Waals surface area contributed by atoms with Gasteiger partial charge in [-0.15, -0.1) is 0 Å². The summed E-state index contributed by atoms with van der Waals surface area (Å²) in [6.45, 7) is 3.09. The lowest BCUT2D eigenvalue weighted by atomic mass is 10.1. The second-order valence-electron chi connectivity index (χ2n) is 7.14. The summed E-state index contributed by atoms with van der Waals surface area (Å²) >= 11 is 0. The number of nitrogens with zero attached hydrogens (tertiary/aromatic N) is 5. The minimum Gasteiger partial charge on any atom is -0.491 e. The van der Waals surface area contributed by atoms with Gasteiger partial charge >= 0.3 is 12.2 Å². The summed E-state index contributed by atoms with van der Waals surface area (Å²) in [4.78, 5) is 39.4. The molecule has 9 nitrogen and oxygen atoms in total. The highest BCUT2D eigenvalue weighted by Gasteiger charge is 2.43. The van der Waals surface area contributed by atoms with Crippen LogP contribution in [0.25, 0.3) is 0 Å². The molecule has 33 heavy (non-hydrogen) atoms. The van der Waals surface area contributed by atoms with E-state index in [0.717, 1.165) is 22.1 Å². The number of rotatable bonds is 8. The Morgan fingerprint density at radius 3 is 2.58 bits per heavy atom. The first kappa shape index (κ1) is 24.1. The van der Waals surface area contributed by atoms with Crippen molar-refractivity contribution in [1.29, 1.82) is 0 Å². The molecule has 0 radical (unpaired) electrons. The zero-order valence-corrected chi connectivity index (χ0v) is 17.8. The van der Waals surface area contributed by atoms with E-state index in [0.29, 0.717) is 18.4 Å². The fourth-order valence-corrected chi connectivity index (χ4v) is 3.30. The van der Waals surface area contributed by atoms with Crippen molar-refractivity contribution in [2.75, 3.05) is 29.9 Å². The summed E-state index contributed by atoms with van der Waals surface area (Å²) in [5.41, 5.74) is -0.989. The van der Waals surface area contributed by atoms with Gasteiger partial charge in [0.15, 0.2) is 5.75 Å². The van der Waals surface area contributed by atoms with E-state index in [1.807, 2.05) is 0 Å². The zero-order valence-electron chi connectivity index (χ0n) is 17.8. The topological polar surface area (TPSA) is 101 Å². The highest BCUT2D eigenvalue weighted by molar-refractivity contribution is 5.98. The summed E-state index contributed by atoms with van der Waals surface area (Å²) in [7, 11) is 0. The number of aromatic nitrogens is 3. The normalized spacial score (nSPS) is 17.3. The van der Waals surface area contributed by atoms with Crippen molar-refractivity contribution in [2.45, 2.75) is 38.7 Å². The number of carbonyl (C=O) groups excluding carboxylic acids is 2. The molecule has 0 spiro atoms. The van der Waals surface area contributed by atoms with Crippen molar-refractivity contribution < 1.29 is 31.9 Å². The van der Waals surface area contributed by atoms with Gasteiger partial charge in [-0.3, -0.25) is 9.69 Å². The smallest absolute Gasteiger partial charge is 0.416 e. The molecule has 3 amide bonds. The average molecular weight is 470 g/mol. The number of alkyl halides is 4. The third-order valence-electron chi connectivity index (χ3n) is 4.89. The molecule has 3 heterocycles. The third-order valence-corrected chi connectivity index (χ3v) is 4.89. The zero-order chi connectivity index (χ0) is 24.2. The van der Waals surface area contributed by atoms with Crippen molar-refractivity contribution in [3.63, 3.8) is 0 Å². The number of carbonyl (C=O) groups is 2. The molecule has 3 rings (SSSR count). The molecule has 2 aromatic rings. The predicted molar refractivity (Wildman–Crippen MR) is 109 cm³/mol. The Kier molecular flexibility index (Phi) is 7.29. The van der Waals surface area contributed by atoms with Gasteiger partial charge in [-0.25, -0.2) is 24.1 Å². The third kappa shape index (κ3) is 5.65. The van der Waals surface area contributed by atoms with Gasteiger partial charge in [-0.05, 0) is 25.5 Å². The first-order chi connectivity index (χ1) is 15.6. The van der Waals surface area contributed by atoms with E-state index in [9.17, 15) is 27.2 Å². The number of amides is 3. The van der Waals surface area contributed by atoms with Crippen molar-refractivity contribution in [2.24, 2.45) is 0 Å². The Hall–Kier alpha value is -3.51. The molecule has 2 aromatic heterocycles. The van der Waals surface area contributed by atoms with Crippen LogP contribution in [0, 0.1) is 0 Å². The molecule has 1 N–H and O–H groups in total. The summed E-state index contributed by atoms with van der Waals surface area (Å²) in [5.74, 6) is -0.750. The second-order valence-corrected chi connectivity index (χ2v) is 7.14. The van der Waals surface area contributed by atoms with E-state index in [2.05, 4.69) is 20.3 Å². The average Bonchev–Trinajstić information content (AvgIpc) is 3.09. The van der Waals surface area contributed by atoms with Crippen LogP contribution in [0.5, 0.6) is 5.75 Å². The molecule has 2 atom stereocenters. The lowest BCUT2D eigenvalue weighted by molar-refractivity contribution is -0.137. The standard InChI is InChI=1S/C20H22F4N6O3/c1-3-14(21)15-10-30(18-26-8-13(9-27-18)33-4-2)19(32)29(15)11-17(31)28-16-7-12(5-6-25-16)20(22,23)24/h5-9,14-15H,3-4,10-11H2,1-2H3,(H,25,28,31)/t14-,15+/m0/s1. The van der Waals surface area contributed by atoms with Crippen LogP contribution in [-0.2, 0) is 11.0 Å². The molecule has 178 valence electrons. The summed E-state index contributed by atoms with van der Waals surface area (Å²) in [6, 6.07) is -0.241. The summed E-state index contributed by atoms with van der Waals surface area (Å²) in [5, 5.41) is 2.22. The van der Waals surface area contributed by atoms with E-state index < -0.39 is 42.4 Å². The van der Waals surface area contributed by atoms with Gasteiger partial charge in [0.2, 0.25) is 11.9 Å². The van der Waals surface area contributed by atoms with Gasteiger partial charge in [0.1, 0.15) is 18.5 Å². The number of halogens is 4. The van der Waals surface area contributed by atoms with E-state index >= 15 is 0 Å². The number of ether oxygens (including phenoxy) is 1. The fraction of sp³-hybridized carbons (Fsp3) is 0.450. The number of nitrogens with one attached hydrogen (secondary N) is 1. The Morgan fingerprint density at radius 2 is 1.97 bits per heavy atom. The maximum Gasteiger partial charge on any atom is 0.416 e. The fourth-order valence-electron chi connectivity index (χ4n) is 3.30. The van der Waals surface area contributed by atoms with Gasteiger partial charge in [0.25, 0.3) is 0 Å². The van der Waals surface area contributed by atoms with Crippen molar-refractivity contribution in [1.82, 2.24) is 19.9 Å². The minimum atomic E-state index is -4.61. The molecular weight excluding hydrogens is 448 g/mol. The second kappa shape index (κ2) is 9.96. The Morgan fingerprint density at radius 1 is 1.27 bits per heavy atom. The highest BCUT2D eigenvalue weighted by atomic mass is 19.4. The molecule has 0 unspecified atom stereocenters. The predicted octanol–water partition coefficient (Wildman–Crippen LogP) is 3.29. The van der Waals surface area contributed by atoms with Crippen LogP contribution in [0.1, 0.15) is 25.8 Å². The van der Waals surface area contributed by atoms with Crippen molar-refractivity contribution >= 4 is 23.7 Å². The van der Waals surface area contributed by atoms with Gasteiger partial charge in [-0.2, -0.15) is 13.2 Å². The van der Waals surface area contributed by atoms with Crippen LogP contribution in [0.2, 0.25) is 0 Å². The quantitative estimate of drug-likeness (QED) is 0.595. The van der Waals surface area contributed by atoms with Crippen LogP contribution < -0.4 is 15.0 Å². The lowest BCUT2D eigenvalue weighted by Gasteiger charge is -2.24. The molecule has 0 aliphatic carbocycles. The largest absolute Gasteiger partial charge is 0.491 e. The van der Waals surface area contributed by atoms with E-state index in [1.54, 1.807) is 13.8 Å². The SMILES string of the molecule is CCOc1cnc(N2C[C@H]([C@@H](F)CC)N(CC(=O)Nc3cc(C(F)(F)F)ccn3)C2=O)nc1. The van der Waals surface area contributed by atoms with E-state index in [1.165, 1.54) is 12.4 Å². The Balaban J connectivity index is 1.75. The monoisotopic (exact) mass is 470 g/mol. The molecule has 1 aliphatic heterocycles. The maximum atomic E-state index is 14.6. The first-order valence-electron chi connectivity index (χ1n) is 10.1. The first-order valence-corrected chi connectivity index (χ1v) is 10.1. The minimum absolute atomic E-state index is 0.0132. The number of hydrogen-bond donors (Lipinski definition) is 1. The van der Waals surface area contributed by atoms with Gasteiger partial charge in [0.05, 0.1) is 37.2 Å². The van der Waals surface area contributed by atoms with Crippen LogP contribution >= 0.6 is 0 Å². The lowest BCUT2D eigenvalue weighted by Crippen LogP contribution is -2.44.